The molecule has 2 rings (SSSR count). The van der Waals surface area contributed by atoms with Gasteiger partial charge in [0.2, 0.25) is 0 Å². The van der Waals surface area contributed by atoms with Gasteiger partial charge >= 0.3 is 0 Å². The molecule has 0 atom stereocenters. The Labute approximate surface area is 115 Å². The van der Waals surface area contributed by atoms with Crippen LogP contribution < -0.4 is 10.6 Å². The van der Waals surface area contributed by atoms with Gasteiger partial charge < -0.3 is 10.6 Å². The van der Waals surface area contributed by atoms with E-state index in [1.165, 1.54) is 12.4 Å². The largest absolute Gasteiger partial charge is 0.370 e. The molecule has 0 saturated heterocycles. The number of aromatic nitrogens is 3. The Bertz CT molecular complexity index is 576. The summed E-state index contributed by atoms with van der Waals surface area (Å²) in [6.45, 7) is 2.65. The molecule has 0 aliphatic rings. The Hall–Kier alpha value is -2.21. The Kier molecular flexibility index (Phi) is 4.25. The summed E-state index contributed by atoms with van der Waals surface area (Å²) in [5, 5.41) is 13.4. The monoisotopic (exact) mass is 277 g/mol. The second-order valence-electron chi connectivity index (χ2n) is 3.64. The molecule has 2 aromatic heterocycles. The van der Waals surface area contributed by atoms with Crippen LogP contribution in [0.1, 0.15) is 17.3 Å². The number of hydrogen-bond acceptors (Lipinski definition) is 5. The number of halogens is 1. The zero-order chi connectivity index (χ0) is 13.7. The van der Waals surface area contributed by atoms with Crippen molar-refractivity contribution in [1.29, 1.82) is 0 Å². The Balaban J connectivity index is 2.21. The molecular formula is C12H12ClN5O. The molecule has 2 aromatic rings. The Morgan fingerprint density at radius 1 is 1.42 bits per heavy atom. The lowest BCUT2D eigenvalue weighted by Gasteiger charge is -2.08. The first-order valence-corrected chi connectivity index (χ1v) is 6.07. The van der Waals surface area contributed by atoms with Gasteiger partial charge in [0.05, 0.1) is 10.6 Å². The summed E-state index contributed by atoms with van der Waals surface area (Å²) >= 11 is 5.97. The molecule has 19 heavy (non-hydrogen) atoms. The number of anilines is 2. The third kappa shape index (κ3) is 3.38. The molecule has 0 bridgehead atoms. The molecule has 0 spiro atoms. The van der Waals surface area contributed by atoms with Crippen LogP contribution in [0.15, 0.2) is 30.6 Å². The smallest absolute Gasteiger partial charge is 0.258 e. The van der Waals surface area contributed by atoms with E-state index in [1.807, 2.05) is 6.92 Å². The summed E-state index contributed by atoms with van der Waals surface area (Å²) < 4.78 is 0. The predicted molar refractivity (Wildman–Crippen MR) is 73.4 cm³/mol. The van der Waals surface area contributed by atoms with Crippen LogP contribution in [0.25, 0.3) is 0 Å². The van der Waals surface area contributed by atoms with E-state index in [4.69, 9.17) is 11.6 Å². The minimum Gasteiger partial charge on any atom is -0.370 e. The highest BCUT2D eigenvalue weighted by molar-refractivity contribution is 6.34. The van der Waals surface area contributed by atoms with E-state index in [2.05, 4.69) is 25.8 Å². The molecule has 6 nitrogen and oxygen atoms in total. The predicted octanol–water partition coefficient (Wildman–Crippen LogP) is 2.21. The summed E-state index contributed by atoms with van der Waals surface area (Å²) in [4.78, 5) is 16.1. The van der Waals surface area contributed by atoms with Gasteiger partial charge in [0, 0.05) is 18.9 Å². The number of amides is 1. The average molecular weight is 278 g/mol. The topological polar surface area (TPSA) is 79.8 Å². The first-order chi connectivity index (χ1) is 9.20. The van der Waals surface area contributed by atoms with E-state index in [0.717, 1.165) is 0 Å². The van der Waals surface area contributed by atoms with Crippen molar-refractivity contribution < 1.29 is 4.79 Å². The van der Waals surface area contributed by atoms with Crippen LogP contribution in [0.4, 0.5) is 11.6 Å². The highest BCUT2D eigenvalue weighted by Crippen LogP contribution is 2.19. The maximum atomic E-state index is 12.1. The summed E-state index contributed by atoms with van der Waals surface area (Å²) in [7, 11) is 0. The number of carbonyl (C=O) groups excluding carboxylic acids is 1. The standard InChI is InChI=1S/C12H12ClN5O/c1-2-14-11-6-8(9(13)7-15-11)12(19)17-10-4-3-5-16-18-10/h3-7H,2H2,1H3,(H,14,15)(H,17,18,19). The van der Waals surface area contributed by atoms with Crippen molar-refractivity contribution in [2.75, 3.05) is 17.2 Å². The van der Waals surface area contributed by atoms with Gasteiger partial charge in [0.25, 0.3) is 5.91 Å². The Morgan fingerprint density at radius 2 is 2.26 bits per heavy atom. The van der Waals surface area contributed by atoms with Crippen LogP contribution in [0.5, 0.6) is 0 Å². The van der Waals surface area contributed by atoms with Crippen molar-refractivity contribution in [2.45, 2.75) is 6.92 Å². The molecule has 0 fully saturated rings. The summed E-state index contributed by atoms with van der Waals surface area (Å²) in [5.41, 5.74) is 0.332. The molecule has 0 unspecified atom stereocenters. The van der Waals surface area contributed by atoms with Crippen LogP contribution in [0, 0.1) is 0 Å². The lowest BCUT2D eigenvalue weighted by molar-refractivity contribution is 0.102. The van der Waals surface area contributed by atoms with Crippen LogP contribution >= 0.6 is 11.6 Å². The second-order valence-corrected chi connectivity index (χ2v) is 4.05. The molecule has 98 valence electrons. The zero-order valence-corrected chi connectivity index (χ0v) is 11.0. The van der Waals surface area contributed by atoms with E-state index in [0.29, 0.717) is 23.7 Å². The molecule has 2 N–H and O–H groups in total. The van der Waals surface area contributed by atoms with Gasteiger partial charge in [-0.1, -0.05) is 11.6 Å². The SMILES string of the molecule is CCNc1cc(C(=O)Nc2cccnn2)c(Cl)cn1. The second kappa shape index (κ2) is 6.10. The minimum absolute atomic E-state index is 0.281. The highest BCUT2D eigenvalue weighted by atomic mass is 35.5. The number of rotatable bonds is 4. The highest BCUT2D eigenvalue weighted by Gasteiger charge is 2.12. The Morgan fingerprint density at radius 3 is 2.95 bits per heavy atom. The number of nitrogens with zero attached hydrogens (tertiary/aromatic N) is 3. The van der Waals surface area contributed by atoms with Gasteiger partial charge in [-0.05, 0) is 25.1 Å². The lowest BCUT2D eigenvalue weighted by Crippen LogP contribution is -2.14. The fourth-order valence-electron chi connectivity index (χ4n) is 1.44. The number of pyridine rings is 1. The van der Waals surface area contributed by atoms with Gasteiger partial charge in [-0.15, -0.1) is 5.10 Å². The maximum absolute atomic E-state index is 12.1. The summed E-state index contributed by atoms with van der Waals surface area (Å²) in [5.74, 6) is 0.605. The maximum Gasteiger partial charge on any atom is 0.258 e. The van der Waals surface area contributed by atoms with Crippen LogP contribution in [-0.2, 0) is 0 Å². The third-order valence-corrected chi connectivity index (χ3v) is 2.57. The van der Waals surface area contributed by atoms with E-state index < -0.39 is 0 Å². The lowest BCUT2D eigenvalue weighted by atomic mass is 10.2. The molecule has 1 amide bonds. The number of carbonyl (C=O) groups is 1. The molecule has 0 aromatic carbocycles. The first kappa shape index (κ1) is 13.2. The number of nitrogens with one attached hydrogen (secondary N) is 2. The summed E-state index contributed by atoms with van der Waals surface area (Å²) in [6.07, 6.45) is 2.96. The van der Waals surface area contributed by atoms with Crippen molar-refractivity contribution in [3.8, 4) is 0 Å². The van der Waals surface area contributed by atoms with Gasteiger partial charge in [-0.3, -0.25) is 4.79 Å². The van der Waals surface area contributed by atoms with E-state index in [9.17, 15) is 4.79 Å². The fourth-order valence-corrected chi connectivity index (χ4v) is 1.63. The molecule has 2 heterocycles. The van der Waals surface area contributed by atoms with Crippen molar-refractivity contribution in [3.63, 3.8) is 0 Å². The van der Waals surface area contributed by atoms with Gasteiger partial charge in [0.15, 0.2) is 5.82 Å². The van der Waals surface area contributed by atoms with Crippen molar-refractivity contribution in [3.05, 3.63) is 41.2 Å². The van der Waals surface area contributed by atoms with Crippen molar-refractivity contribution >= 4 is 29.1 Å². The van der Waals surface area contributed by atoms with E-state index in [1.54, 1.807) is 18.2 Å². The quantitative estimate of drug-likeness (QED) is 0.896. The van der Waals surface area contributed by atoms with Gasteiger partial charge in [-0.25, -0.2) is 4.98 Å². The van der Waals surface area contributed by atoms with Crippen LogP contribution in [-0.4, -0.2) is 27.6 Å². The minimum atomic E-state index is -0.355. The molecule has 0 aliphatic heterocycles. The molecular weight excluding hydrogens is 266 g/mol. The number of hydrogen-bond donors (Lipinski definition) is 2. The molecule has 7 heteroatoms. The van der Waals surface area contributed by atoms with Gasteiger partial charge in [-0.2, -0.15) is 5.10 Å². The summed E-state index contributed by atoms with van der Waals surface area (Å²) in [6, 6.07) is 4.92. The molecule has 0 saturated carbocycles. The average Bonchev–Trinajstić information content (AvgIpc) is 2.42. The van der Waals surface area contributed by atoms with Crippen LogP contribution in [0.3, 0.4) is 0 Å². The van der Waals surface area contributed by atoms with Crippen molar-refractivity contribution in [2.24, 2.45) is 0 Å². The van der Waals surface area contributed by atoms with Gasteiger partial charge in [0.1, 0.15) is 5.82 Å². The first-order valence-electron chi connectivity index (χ1n) is 5.69. The molecule has 0 aliphatic carbocycles. The zero-order valence-electron chi connectivity index (χ0n) is 10.2. The normalized spacial score (nSPS) is 10.0. The van der Waals surface area contributed by atoms with E-state index >= 15 is 0 Å². The van der Waals surface area contributed by atoms with Crippen molar-refractivity contribution in [1.82, 2.24) is 15.2 Å². The molecule has 0 radical (unpaired) electrons. The third-order valence-electron chi connectivity index (χ3n) is 2.27. The van der Waals surface area contributed by atoms with E-state index in [-0.39, 0.29) is 10.9 Å². The van der Waals surface area contributed by atoms with Crippen LogP contribution in [0.2, 0.25) is 5.02 Å². The fraction of sp³-hybridized carbons (Fsp3) is 0.167.